The molecule has 9 heavy (non-hydrogen) atoms. The van der Waals surface area contributed by atoms with Crippen LogP contribution in [-0.4, -0.2) is 32.1 Å². The summed E-state index contributed by atoms with van der Waals surface area (Å²) in [5.41, 5.74) is 0. The van der Waals surface area contributed by atoms with Gasteiger partial charge in [0, 0.05) is 0 Å². The van der Waals surface area contributed by atoms with E-state index in [0.29, 0.717) is 0 Å². The van der Waals surface area contributed by atoms with Crippen molar-refractivity contribution >= 4 is 26.4 Å². The fraction of sp³-hybridized carbons (Fsp3) is 0.167. The zero-order valence-corrected chi connectivity index (χ0v) is 8.41. The van der Waals surface area contributed by atoms with Crippen LogP contribution < -0.4 is 3.84 Å². The zero-order chi connectivity index (χ0) is 6.69. The number of allylic oxidation sites excluding steroid dienone is 1. The van der Waals surface area contributed by atoms with Gasteiger partial charge in [0.15, 0.2) is 0 Å². The third kappa shape index (κ3) is 1.58. The van der Waals surface area contributed by atoms with Crippen LogP contribution >= 0.6 is 0 Å². The van der Waals surface area contributed by atoms with Crippen molar-refractivity contribution in [3.63, 3.8) is 0 Å². The Hall–Kier alpha value is -0.251. The van der Waals surface area contributed by atoms with Gasteiger partial charge in [-0.25, -0.2) is 0 Å². The maximum absolute atomic E-state index is 4.11. The van der Waals surface area contributed by atoms with Crippen molar-refractivity contribution in [3.8, 4) is 0 Å². The maximum atomic E-state index is 4.11. The Morgan fingerprint density at radius 2 is 2.67 bits per heavy atom. The van der Waals surface area contributed by atoms with Gasteiger partial charge in [0.05, 0.1) is 0 Å². The van der Waals surface area contributed by atoms with Crippen molar-refractivity contribution in [3.05, 3.63) is 25.0 Å². The first-order valence-electron chi connectivity index (χ1n) is 2.72. The molecule has 1 aromatic heterocycles. The van der Waals surface area contributed by atoms with Gasteiger partial charge in [-0.15, -0.1) is 0 Å². The average molecular weight is 227 g/mol. The summed E-state index contributed by atoms with van der Waals surface area (Å²) < 4.78 is 3.26. The van der Waals surface area contributed by atoms with Crippen molar-refractivity contribution in [1.82, 2.24) is 9.55 Å². The summed E-state index contributed by atoms with van der Waals surface area (Å²) in [5.74, 6) is 0. The second kappa shape index (κ2) is 3.05. The molecule has 0 aliphatic rings. The predicted molar refractivity (Wildman–Crippen MR) is 39.2 cm³/mol. The van der Waals surface area contributed by atoms with Gasteiger partial charge in [-0.3, -0.25) is 0 Å². The Balaban J connectivity index is 2.80. The van der Waals surface area contributed by atoms with Crippen molar-refractivity contribution in [2.45, 2.75) is 6.54 Å². The summed E-state index contributed by atoms with van der Waals surface area (Å²) in [5, 5.41) is 0. The molecular formula is C6H8N2Sn. The van der Waals surface area contributed by atoms with Crippen LogP contribution in [0.15, 0.2) is 25.0 Å². The van der Waals surface area contributed by atoms with Crippen molar-refractivity contribution in [2.24, 2.45) is 0 Å². The monoisotopic (exact) mass is 228 g/mol. The summed E-state index contributed by atoms with van der Waals surface area (Å²) in [6.45, 7) is 4.53. The van der Waals surface area contributed by atoms with E-state index in [2.05, 4.69) is 16.1 Å². The third-order valence-corrected chi connectivity index (χ3v) is 2.45. The summed E-state index contributed by atoms with van der Waals surface area (Å²) >= 11 is 1.08. The molecule has 0 saturated carbocycles. The molecule has 46 valence electrons. The molecule has 0 saturated heterocycles. The summed E-state index contributed by atoms with van der Waals surface area (Å²) in [6, 6.07) is 0. The fourth-order valence-corrected chi connectivity index (χ4v) is 1.43. The Labute approximate surface area is 67.7 Å². The fourth-order valence-electron chi connectivity index (χ4n) is 0.634. The van der Waals surface area contributed by atoms with E-state index in [1.165, 1.54) is 3.84 Å². The molecule has 0 fully saturated rings. The van der Waals surface area contributed by atoms with Crippen LogP contribution in [0.2, 0.25) is 0 Å². The van der Waals surface area contributed by atoms with Crippen molar-refractivity contribution in [1.29, 1.82) is 0 Å². The molecule has 0 N–H and O–H groups in total. The van der Waals surface area contributed by atoms with E-state index in [1.807, 2.05) is 18.5 Å². The van der Waals surface area contributed by atoms with E-state index < -0.39 is 0 Å². The summed E-state index contributed by atoms with van der Waals surface area (Å²) in [4.78, 5) is 4.11. The Morgan fingerprint density at radius 3 is 3.11 bits per heavy atom. The van der Waals surface area contributed by atoms with Crippen LogP contribution in [0.25, 0.3) is 0 Å². The number of hydrogen-bond donors (Lipinski definition) is 0. The van der Waals surface area contributed by atoms with E-state index in [0.717, 1.165) is 29.1 Å². The van der Waals surface area contributed by atoms with Crippen LogP contribution in [-0.2, 0) is 6.54 Å². The van der Waals surface area contributed by atoms with Crippen molar-refractivity contribution in [2.75, 3.05) is 0 Å². The molecule has 1 aromatic rings. The first-order chi connectivity index (χ1) is 4.34. The van der Waals surface area contributed by atoms with Gasteiger partial charge in [-0.1, -0.05) is 0 Å². The molecule has 0 aromatic carbocycles. The van der Waals surface area contributed by atoms with E-state index in [1.54, 1.807) is 0 Å². The minimum absolute atomic E-state index is 0.886. The second-order valence-corrected chi connectivity index (χ2v) is 3.20. The average Bonchev–Trinajstić information content (AvgIpc) is 2.18. The zero-order valence-electron chi connectivity index (χ0n) is 5.12. The van der Waals surface area contributed by atoms with Gasteiger partial charge in [0.2, 0.25) is 0 Å². The van der Waals surface area contributed by atoms with Gasteiger partial charge >= 0.3 is 67.5 Å². The molecule has 2 radical (unpaired) electrons. The molecule has 0 aliphatic heterocycles. The number of rotatable bonds is 2. The normalized spacial score (nSPS) is 9.44. The standard InChI is InChI=1S/C6H7N2.Sn.H/c1-2-4-8-5-3-7-6-8;;/h2-3,5H,1,4H2;;. The molecule has 0 unspecified atom stereocenters. The van der Waals surface area contributed by atoms with E-state index in [9.17, 15) is 0 Å². The van der Waals surface area contributed by atoms with Gasteiger partial charge in [-0.05, 0) is 0 Å². The first kappa shape index (κ1) is 6.86. The molecule has 0 atom stereocenters. The molecular weight excluding hydrogens is 219 g/mol. The van der Waals surface area contributed by atoms with Gasteiger partial charge in [0.1, 0.15) is 0 Å². The molecule has 0 amide bonds. The van der Waals surface area contributed by atoms with E-state index in [-0.39, 0.29) is 0 Å². The minimum atomic E-state index is 0.886. The summed E-state index contributed by atoms with van der Waals surface area (Å²) in [7, 11) is 0. The Bertz CT molecular complexity index is 205. The number of imidazole rings is 1. The predicted octanol–water partition coefficient (Wildman–Crippen LogP) is -0.405. The number of aromatic nitrogens is 2. The van der Waals surface area contributed by atoms with Crippen LogP contribution in [0.5, 0.6) is 0 Å². The Morgan fingerprint density at radius 1 is 1.89 bits per heavy atom. The van der Waals surface area contributed by atoms with Gasteiger partial charge < -0.3 is 0 Å². The van der Waals surface area contributed by atoms with Crippen molar-refractivity contribution < 1.29 is 0 Å². The quantitative estimate of drug-likeness (QED) is 0.496. The van der Waals surface area contributed by atoms with Crippen LogP contribution in [0.1, 0.15) is 0 Å². The molecule has 0 aliphatic carbocycles. The molecule has 0 spiro atoms. The summed E-state index contributed by atoms with van der Waals surface area (Å²) in [6.07, 6.45) is 5.67. The topological polar surface area (TPSA) is 17.8 Å². The molecule has 0 bridgehead atoms. The van der Waals surface area contributed by atoms with Crippen LogP contribution in [0.3, 0.4) is 0 Å². The molecule has 2 nitrogen and oxygen atoms in total. The van der Waals surface area contributed by atoms with Crippen LogP contribution in [0, 0.1) is 0 Å². The van der Waals surface area contributed by atoms with E-state index in [4.69, 9.17) is 0 Å². The number of nitrogens with zero attached hydrogens (tertiary/aromatic N) is 2. The van der Waals surface area contributed by atoms with Crippen LogP contribution in [0.4, 0.5) is 0 Å². The first-order valence-corrected chi connectivity index (χ1v) is 4.37. The Kier molecular flexibility index (Phi) is 2.33. The second-order valence-electron chi connectivity index (χ2n) is 1.73. The third-order valence-electron chi connectivity index (χ3n) is 1.07. The van der Waals surface area contributed by atoms with Gasteiger partial charge in [0.25, 0.3) is 0 Å². The number of hydrogen-bond acceptors (Lipinski definition) is 1. The molecule has 3 heteroatoms. The SMILES string of the molecule is C=CCn1ccn[c]1[SnH]. The van der Waals surface area contributed by atoms with Gasteiger partial charge in [-0.2, -0.15) is 0 Å². The van der Waals surface area contributed by atoms with E-state index >= 15 is 0 Å². The molecule has 1 heterocycles. The molecule has 1 rings (SSSR count).